The molecule has 0 unspecified atom stereocenters. The number of nitrogens with zero attached hydrogens (tertiary/aromatic N) is 2. The van der Waals surface area contributed by atoms with Gasteiger partial charge >= 0.3 is 0 Å². The minimum atomic E-state index is -0.272. The monoisotopic (exact) mass is 688 g/mol. The van der Waals surface area contributed by atoms with Gasteiger partial charge in [0.2, 0.25) is 0 Å². The molecule has 0 aromatic heterocycles. The van der Waals surface area contributed by atoms with Crippen molar-refractivity contribution in [1.82, 2.24) is 9.80 Å². The standard InChI is InChI=1S/C36H30Cl2N2O4S2/c1-43-29-15-7-25(8-16-29)35-39(33(41)31(45-35)21-23-3-11-27(37)12-4-23)19-20-40-34(42)32(22-24-5-13-28(38)14-6-24)46-36(40)26-9-17-30(44-2)18-10-26/h3-18,21-22,35-36H,19-20H2,1-2H3/b31-21-,32-22-/t35-,36-/m0/s1. The Labute approximate surface area is 287 Å². The zero-order valence-electron chi connectivity index (χ0n) is 25.1. The third-order valence-corrected chi connectivity index (χ3v) is 10.8. The molecule has 0 aliphatic carbocycles. The topological polar surface area (TPSA) is 59.1 Å². The first-order valence-corrected chi connectivity index (χ1v) is 17.0. The van der Waals surface area contributed by atoms with E-state index in [1.165, 1.54) is 23.5 Å². The van der Waals surface area contributed by atoms with E-state index in [1.807, 2.05) is 119 Å². The molecule has 46 heavy (non-hydrogen) atoms. The van der Waals surface area contributed by atoms with Crippen LogP contribution >= 0.6 is 46.7 Å². The summed E-state index contributed by atoms with van der Waals surface area (Å²) >= 11 is 15.2. The van der Waals surface area contributed by atoms with Gasteiger partial charge in [-0.1, -0.05) is 95.3 Å². The van der Waals surface area contributed by atoms with Crippen LogP contribution < -0.4 is 9.47 Å². The molecule has 4 aromatic carbocycles. The van der Waals surface area contributed by atoms with Crippen LogP contribution in [0, 0.1) is 0 Å². The largest absolute Gasteiger partial charge is 0.497 e. The number of amides is 2. The zero-order valence-corrected chi connectivity index (χ0v) is 28.2. The molecular weight excluding hydrogens is 659 g/mol. The number of carbonyl (C=O) groups excluding carboxylic acids is 2. The number of benzene rings is 4. The van der Waals surface area contributed by atoms with Crippen molar-refractivity contribution in [3.8, 4) is 11.5 Å². The molecule has 6 nitrogen and oxygen atoms in total. The summed E-state index contributed by atoms with van der Waals surface area (Å²) in [6, 6.07) is 30.3. The van der Waals surface area contributed by atoms with Crippen LogP contribution in [-0.2, 0) is 9.59 Å². The number of carbonyl (C=O) groups is 2. The molecular formula is C36H30Cl2N2O4S2. The molecule has 0 bridgehead atoms. The van der Waals surface area contributed by atoms with Gasteiger partial charge in [-0.05, 0) is 82.9 Å². The molecule has 2 atom stereocenters. The molecule has 4 aromatic rings. The lowest BCUT2D eigenvalue weighted by molar-refractivity contribution is -0.130. The second-order valence-corrected chi connectivity index (χ2v) is 13.7. The lowest BCUT2D eigenvalue weighted by atomic mass is 10.1. The number of hydrogen-bond donors (Lipinski definition) is 0. The van der Waals surface area contributed by atoms with E-state index < -0.39 is 0 Å². The van der Waals surface area contributed by atoms with E-state index in [9.17, 15) is 9.59 Å². The highest BCUT2D eigenvalue weighted by atomic mass is 35.5. The van der Waals surface area contributed by atoms with Crippen molar-refractivity contribution in [2.24, 2.45) is 0 Å². The van der Waals surface area contributed by atoms with E-state index in [0.717, 1.165) is 33.8 Å². The Bertz CT molecular complexity index is 1640. The first kappa shape index (κ1) is 32.1. The van der Waals surface area contributed by atoms with Crippen LogP contribution in [0.2, 0.25) is 10.0 Å². The second kappa shape index (κ2) is 14.3. The summed E-state index contributed by atoms with van der Waals surface area (Å²) in [7, 11) is 3.25. The van der Waals surface area contributed by atoms with Crippen LogP contribution in [0.1, 0.15) is 33.0 Å². The first-order chi connectivity index (χ1) is 22.3. The minimum absolute atomic E-state index is 0.0852. The Morgan fingerprint density at radius 1 is 0.587 bits per heavy atom. The third-order valence-electron chi connectivity index (χ3n) is 7.71. The summed E-state index contributed by atoms with van der Waals surface area (Å²) in [5, 5.41) is 0.723. The Morgan fingerprint density at radius 3 is 1.26 bits per heavy atom. The second-order valence-electron chi connectivity index (χ2n) is 10.6. The molecule has 2 amide bonds. The van der Waals surface area contributed by atoms with Crippen molar-refractivity contribution in [2.45, 2.75) is 10.7 Å². The fraction of sp³-hybridized carbons (Fsp3) is 0.167. The van der Waals surface area contributed by atoms with Gasteiger partial charge in [-0.15, -0.1) is 0 Å². The van der Waals surface area contributed by atoms with Crippen LogP contribution in [0.4, 0.5) is 0 Å². The van der Waals surface area contributed by atoms with Crippen LogP contribution in [0.15, 0.2) is 107 Å². The Kier molecular flexibility index (Phi) is 9.99. The van der Waals surface area contributed by atoms with Gasteiger partial charge in [0.25, 0.3) is 11.8 Å². The van der Waals surface area contributed by atoms with Crippen molar-refractivity contribution in [1.29, 1.82) is 0 Å². The van der Waals surface area contributed by atoms with Gasteiger partial charge in [-0.25, -0.2) is 0 Å². The van der Waals surface area contributed by atoms with Crippen molar-refractivity contribution >= 4 is 70.7 Å². The van der Waals surface area contributed by atoms with Gasteiger partial charge in [-0.3, -0.25) is 9.59 Å². The molecule has 2 heterocycles. The maximum Gasteiger partial charge on any atom is 0.261 e. The van der Waals surface area contributed by atoms with Crippen LogP contribution in [0.3, 0.4) is 0 Å². The van der Waals surface area contributed by atoms with E-state index in [2.05, 4.69) is 0 Å². The number of halogens is 2. The van der Waals surface area contributed by atoms with Crippen LogP contribution in [0.25, 0.3) is 12.2 Å². The van der Waals surface area contributed by atoms with Gasteiger partial charge in [0.15, 0.2) is 0 Å². The number of hydrogen-bond acceptors (Lipinski definition) is 6. The lowest BCUT2D eigenvalue weighted by Crippen LogP contribution is -2.38. The van der Waals surface area contributed by atoms with Crippen molar-refractivity contribution in [3.63, 3.8) is 0 Å². The van der Waals surface area contributed by atoms with E-state index in [4.69, 9.17) is 32.7 Å². The quantitative estimate of drug-likeness (QED) is 0.164. The highest BCUT2D eigenvalue weighted by Gasteiger charge is 2.41. The summed E-state index contributed by atoms with van der Waals surface area (Å²) < 4.78 is 10.7. The van der Waals surface area contributed by atoms with E-state index in [-0.39, 0.29) is 22.6 Å². The van der Waals surface area contributed by atoms with Gasteiger partial charge in [0.1, 0.15) is 22.2 Å². The number of thioether (sulfide) groups is 2. The van der Waals surface area contributed by atoms with Crippen molar-refractivity contribution in [3.05, 3.63) is 139 Å². The predicted octanol–water partition coefficient (Wildman–Crippen LogP) is 8.94. The van der Waals surface area contributed by atoms with Gasteiger partial charge < -0.3 is 19.3 Å². The third kappa shape index (κ3) is 7.10. The summed E-state index contributed by atoms with van der Waals surface area (Å²) in [6.45, 7) is 0.682. The van der Waals surface area contributed by atoms with Gasteiger partial charge in [0.05, 0.1) is 24.0 Å². The van der Waals surface area contributed by atoms with Gasteiger partial charge in [-0.2, -0.15) is 0 Å². The fourth-order valence-corrected chi connectivity index (χ4v) is 8.08. The molecule has 2 aliphatic heterocycles. The average Bonchev–Trinajstić information content (AvgIpc) is 3.56. The molecule has 0 saturated carbocycles. The maximum atomic E-state index is 14.0. The Hall–Kier alpha value is -3.82. The SMILES string of the molecule is COc1ccc([C@@H]2S/C(=C\c3ccc(Cl)cc3)C(=O)N2CCN2C(=O)/C(=C/c3ccc(Cl)cc3)S[C@H]2c2ccc(OC)cc2)cc1. The Balaban J connectivity index is 1.30. The normalized spacial score (nSPS) is 19.8. The summed E-state index contributed by atoms with van der Waals surface area (Å²) in [5.74, 6) is 1.31. The highest BCUT2D eigenvalue weighted by molar-refractivity contribution is 8.05. The Morgan fingerprint density at radius 2 is 0.935 bits per heavy atom. The molecule has 0 spiro atoms. The van der Waals surface area contributed by atoms with E-state index in [0.29, 0.717) is 32.9 Å². The molecule has 6 rings (SSSR count). The lowest BCUT2D eigenvalue weighted by Gasteiger charge is -2.29. The van der Waals surface area contributed by atoms with E-state index in [1.54, 1.807) is 14.2 Å². The zero-order chi connectivity index (χ0) is 32.2. The summed E-state index contributed by atoms with van der Waals surface area (Å²) in [6.07, 6.45) is 3.79. The smallest absolute Gasteiger partial charge is 0.261 e. The molecule has 2 saturated heterocycles. The van der Waals surface area contributed by atoms with E-state index >= 15 is 0 Å². The molecule has 2 fully saturated rings. The summed E-state index contributed by atoms with van der Waals surface area (Å²) in [4.78, 5) is 32.9. The van der Waals surface area contributed by atoms with Crippen LogP contribution in [0.5, 0.6) is 11.5 Å². The fourth-order valence-electron chi connectivity index (χ4n) is 5.26. The average molecular weight is 690 g/mol. The molecule has 0 radical (unpaired) electrons. The number of methoxy groups -OCH3 is 2. The molecule has 2 aliphatic rings. The van der Waals surface area contributed by atoms with Gasteiger partial charge in [0, 0.05) is 23.1 Å². The highest BCUT2D eigenvalue weighted by Crippen LogP contribution is 2.49. The predicted molar refractivity (Wildman–Crippen MR) is 189 cm³/mol. The van der Waals surface area contributed by atoms with Crippen molar-refractivity contribution in [2.75, 3.05) is 27.3 Å². The van der Waals surface area contributed by atoms with Crippen LogP contribution in [-0.4, -0.2) is 48.9 Å². The minimum Gasteiger partial charge on any atom is -0.497 e. The number of ether oxygens (including phenoxy) is 2. The molecule has 10 heteroatoms. The van der Waals surface area contributed by atoms with Crippen molar-refractivity contribution < 1.29 is 19.1 Å². The molecule has 234 valence electrons. The maximum absolute atomic E-state index is 14.0. The first-order valence-electron chi connectivity index (χ1n) is 14.5. The number of rotatable bonds is 9. The molecule has 0 N–H and O–H groups in total. The summed E-state index contributed by atoms with van der Waals surface area (Å²) in [5.41, 5.74) is 3.71.